The quantitative estimate of drug-likeness (QED) is 0.649. The van der Waals surface area contributed by atoms with E-state index in [0.717, 1.165) is 30.8 Å². The Kier molecular flexibility index (Phi) is 8.84. The van der Waals surface area contributed by atoms with Crippen LogP contribution >= 0.6 is 11.6 Å². The predicted molar refractivity (Wildman–Crippen MR) is 79.6 cm³/mol. The van der Waals surface area contributed by atoms with Crippen LogP contribution in [-0.4, -0.2) is 31.5 Å². The van der Waals surface area contributed by atoms with E-state index in [4.69, 9.17) is 21.4 Å². The van der Waals surface area contributed by atoms with Gasteiger partial charge in [-0.2, -0.15) is 0 Å². The number of halogens is 1. The van der Waals surface area contributed by atoms with Crippen molar-refractivity contribution >= 4 is 11.6 Å². The van der Waals surface area contributed by atoms with Crippen LogP contribution < -0.4 is 5.32 Å². The molecule has 0 aliphatic heterocycles. The SMILES string of the molecule is CCCC(NCCCOCCO)c1ccc(Cl)cc1. The fourth-order valence-electron chi connectivity index (χ4n) is 1.99. The van der Waals surface area contributed by atoms with Gasteiger partial charge >= 0.3 is 0 Å². The molecule has 2 N–H and O–H groups in total. The minimum Gasteiger partial charge on any atom is -0.394 e. The summed E-state index contributed by atoms with van der Waals surface area (Å²) in [5.41, 5.74) is 1.28. The third-order valence-electron chi connectivity index (χ3n) is 2.94. The molecular weight excluding hydrogens is 262 g/mol. The molecule has 0 bridgehead atoms. The van der Waals surface area contributed by atoms with E-state index < -0.39 is 0 Å². The third-order valence-corrected chi connectivity index (χ3v) is 3.19. The maximum atomic E-state index is 8.60. The highest BCUT2D eigenvalue weighted by molar-refractivity contribution is 6.30. The molecule has 1 aromatic rings. The normalized spacial score (nSPS) is 12.6. The van der Waals surface area contributed by atoms with Crippen molar-refractivity contribution in [2.45, 2.75) is 32.2 Å². The molecule has 1 atom stereocenters. The molecule has 0 saturated heterocycles. The molecule has 1 aromatic carbocycles. The van der Waals surface area contributed by atoms with E-state index in [2.05, 4.69) is 24.4 Å². The Balaban J connectivity index is 2.34. The second-order valence-corrected chi connectivity index (χ2v) is 4.97. The summed E-state index contributed by atoms with van der Waals surface area (Å²) < 4.78 is 5.24. The Morgan fingerprint density at radius 3 is 2.63 bits per heavy atom. The number of aliphatic hydroxyl groups excluding tert-OH is 1. The van der Waals surface area contributed by atoms with Crippen LogP contribution in [0.25, 0.3) is 0 Å². The number of benzene rings is 1. The molecule has 0 saturated carbocycles. The lowest BCUT2D eigenvalue weighted by Crippen LogP contribution is -2.23. The Morgan fingerprint density at radius 1 is 1.26 bits per heavy atom. The molecule has 1 rings (SSSR count). The summed E-state index contributed by atoms with van der Waals surface area (Å²) in [7, 11) is 0. The summed E-state index contributed by atoms with van der Waals surface area (Å²) >= 11 is 5.91. The van der Waals surface area contributed by atoms with Gasteiger partial charge in [0.1, 0.15) is 0 Å². The first kappa shape index (κ1) is 16.4. The highest BCUT2D eigenvalue weighted by Crippen LogP contribution is 2.20. The summed E-state index contributed by atoms with van der Waals surface area (Å²) in [5, 5.41) is 12.9. The van der Waals surface area contributed by atoms with Gasteiger partial charge in [0, 0.05) is 17.7 Å². The second-order valence-electron chi connectivity index (χ2n) is 4.54. The van der Waals surface area contributed by atoms with Gasteiger partial charge in [0.15, 0.2) is 0 Å². The predicted octanol–water partition coefficient (Wildman–Crippen LogP) is 3.17. The van der Waals surface area contributed by atoms with E-state index in [9.17, 15) is 0 Å². The minimum absolute atomic E-state index is 0.0939. The van der Waals surface area contributed by atoms with Gasteiger partial charge in [0.25, 0.3) is 0 Å². The number of nitrogens with one attached hydrogen (secondary N) is 1. The minimum atomic E-state index is 0.0939. The smallest absolute Gasteiger partial charge is 0.0697 e. The molecular formula is C15H24ClNO2. The molecule has 0 fully saturated rings. The average molecular weight is 286 g/mol. The molecule has 0 heterocycles. The van der Waals surface area contributed by atoms with Gasteiger partial charge in [-0.25, -0.2) is 0 Å². The molecule has 19 heavy (non-hydrogen) atoms. The largest absolute Gasteiger partial charge is 0.394 e. The molecule has 1 unspecified atom stereocenters. The topological polar surface area (TPSA) is 41.5 Å². The van der Waals surface area contributed by atoms with E-state index in [1.807, 2.05) is 12.1 Å². The van der Waals surface area contributed by atoms with Crippen LogP contribution in [0.4, 0.5) is 0 Å². The van der Waals surface area contributed by atoms with Crippen LogP contribution in [-0.2, 0) is 4.74 Å². The Labute approximate surface area is 120 Å². The fraction of sp³-hybridized carbons (Fsp3) is 0.600. The van der Waals surface area contributed by atoms with Gasteiger partial charge in [-0.3, -0.25) is 0 Å². The van der Waals surface area contributed by atoms with Gasteiger partial charge in [-0.05, 0) is 37.1 Å². The van der Waals surface area contributed by atoms with E-state index in [1.165, 1.54) is 5.56 Å². The highest BCUT2D eigenvalue weighted by Gasteiger charge is 2.09. The van der Waals surface area contributed by atoms with Crippen LogP contribution in [0.15, 0.2) is 24.3 Å². The lowest BCUT2D eigenvalue weighted by atomic mass is 10.0. The zero-order chi connectivity index (χ0) is 13.9. The zero-order valence-corrected chi connectivity index (χ0v) is 12.3. The maximum absolute atomic E-state index is 8.60. The van der Waals surface area contributed by atoms with Crippen molar-refractivity contribution in [1.29, 1.82) is 0 Å². The molecule has 108 valence electrons. The second kappa shape index (κ2) is 10.2. The summed E-state index contributed by atoms with van der Waals surface area (Å²) in [6.07, 6.45) is 3.20. The van der Waals surface area contributed by atoms with Crippen LogP contribution in [0, 0.1) is 0 Å². The summed E-state index contributed by atoms with van der Waals surface area (Å²) in [6, 6.07) is 8.41. The fourth-order valence-corrected chi connectivity index (χ4v) is 2.11. The van der Waals surface area contributed by atoms with Crippen LogP contribution in [0.1, 0.15) is 37.8 Å². The van der Waals surface area contributed by atoms with Crippen molar-refractivity contribution in [3.63, 3.8) is 0 Å². The lowest BCUT2D eigenvalue weighted by Gasteiger charge is -2.18. The van der Waals surface area contributed by atoms with Crippen LogP contribution in [0.5, 0.6) is 0 Å². The van der Waals surface area contributed by atoms with Gasteiger partial charge in [0.05, 0.1) is 13.2 Å². The van der Waals surface area contributed by atoms with Crippen molar-refractivity contribution in [2.75, 3.05) is 26.4 Å². The zero-order valence-electron chi connectivity index (χ0n) is 11.6. The highest BCUT2D eigenvalue weighted by atomic mass is 35.5. The lowest BCUT2D eigenvalue weighted by molar-refractivity contribution is 0.0903. The van der Waals surface area contributed by atoms with E-state index in [0.29, 0.717) is 19.3 Å². The number of ether oxygens (including phenoxy) is 1. The van der Waals surface area contributed by atoms with E-state index >= 15 is 0 Å². The molecule has 3 nitrogen and oxygen atoms in total. The molecule has 0 aromatic heterocycles. The van der Waals surface area contributed by atoms with Gasteiger partial charge in [-0.15, -0.1) is 0 Å². The number of hydrogen-bond donors (Lipinski definition) is 2. The summed E-state index contributed by atoms with van der Waals surface area (Å²) in [5.74, 6) is 0. The number of rotatable bonds is 10. The van der Waals surface area contributed by atoms with Gasteiger partial charge in [0.2, 0.25) is 0 Å². The first-order chi connectivity index (χ1) is 9.27. The van der Waals surface area contributed by atoms with Crippen molar-refractivity contribution < 1.29 is 9.84 Å². The Bertz CT molecular complexity index is 329. The van der Waals surface area contributed by atoms with E-state index in [1.54, 1.807) is 0 Å². The maximum Gasteiger partial charge on any atom is 0.0697 e. The van der Waals surface area contributed by atoms with Crippen LogP contribution in [0.2, 0.25) is 5.02 Å². The molecule has 0 radical (unpaired) electrons. The standard InChI is InChI=1S/C15H24ClNO2/c1-2-4-15(13-5-7-14(16)8-6-13)17-9-3-11-19-12-10-18/h5-8,15,17-18H,2-4,9-12H2,1H3. The van der Waals surface area contributed by atoms with Crippen molar-refractivity contribution in [1.82, 2.24) is 5.32 Å². The van der Waals surface area contributed by atoms with Crippen molar-refractivity contribution in [3.05, 3.63) is 34.9 Å². The molecule has 4 heteroatoms. The van der Waals surface area contributed by atoms with Crippen molar-refractivity contribution in [3.8, 4) is 0 Å². The molecule has 0 amide bonds. The first-order valence-electron chi connectivity index (χ1n) is 6.95. The van der Waals surface area contributed by atoms with Gasteiger partial charge in [-0.1, -0.05) is 37.1 Å². The average Bonchev–Trinajstić information content (AvgIpc) is 2.42. The molecule has 0 aliphatic carbocycles. The molecule has 0 aliphatic rings. The van der Waals surface area contributed by atoms with Gasteiger partial charge < -0.3 is 15.2 Å². The Morgan fingerprint density at radius 2 is 2.00 bits per heavy atom. The summed E-state index contributed by atoms with van der Waals surface area (Å²) in [4.78, 5) is 0. The number of hydrogen-bond acceptors (Lipinski definition) is 3. The van der Waals surface area contributed by atoms with Crippen LogP contribution in [0.3, 0.4) is 0 Å². The third kappa shape index (κ3) is 6.92. The van der Waals surface area contributed by atoms with Crippen molar-refractivity contribution in [2.24, 2.45) is 0 Å². The number of aliphatic hydroxyl groups is 1. The Hall–Kier alpha value is -0.610. The van der Waals surface area contributed by atoms with E-state index in [-0.39, 0.29) is 6.61 Å². The molecule has 0 spiro atoms. The summed E-state index contributed by atoms with van der Waals surface area (Å²) in [6.45, 7) is 4.31. The monoisotopic (exact) mass is 285 g/mol. The first-order valence-corrected chi connectivity index (χ1v) is 7.33.